The fourth-order valence-corrected chi connectivity index (χ4v) is 2.81. The molecule has 0 spiro atoms. The summed E-state index contributed by atoms with van der Waals surface area (Å²) in [4.78, 5) is 17.2. The van der Waals surface area contributed by atoms with E-state index < -0.39 is 17.7 Å². The normalized spacial score (nSPS) is 12.6. The maximum Gasteiger partial charge on any atom is 0.253 e. The average Bonchev–Trinajstić information content (AvgIpc) is 2.99. The average molecular weight is 358 g/mol. The fraction of sp³-hybridized carbons (Fsp3) is 0.316. The Hall–Kier alpha value is -2.83. The molecule has 1 aromatic carbocycles. The summed E-state index contributed by atoms with van der Waals surface area (Å²) in [5.41, 5.74) is 2.21. The van der Waals surface area contributed by atoms with Crippen molar-refractivity contribution in [2.75, 3.05) is 0 Å². The Bertz CT molecular complexity index is 981. The Morgan fingerprint density at radius 3 is 2.54 bits per heavy atom. The molecule has 1 amide bonds. The summed E-state index contributed by atoms with van der Waals surface area (Å²) in [6.07, 6.45) is 1.68. The van der Waals surface area contributed by atoms with Crippen LogP contribution in [0.25, 0.3) is 11.0 Å². The van der Waals surface area contributed by atoms with Crippen LogP contribution in [-0.4, -0.2) is 20.7 Å². The van der Waals surface area contributed by atoms with Crippen molar-refractivity contribution in [3.63, 3.8) is 0 Å². The van der Waals surface area contributed by atoms with Gasteiger partial charge in [-0.05, 0) is 51.5 Å². The largest absolute Gasteiger partial charge is 0.345 e. The van der Waals surface area contributed by atoms with E-state index in [4.69, 9.17) is 0 Å². The topological polar surface area (TPSA) is 59.8 Å². The van der Waals surface area contributed by atoms with Gasteiger partial charge < -0.3 is 5.32 Å². The minimum atomic E-state index is -0.941. The highest BCUT2D eigenvalue weighted by molar-refractivity contribution is 5.98. The Kier molecular flexibility index (Phi) is 4.71. The molecule has 3 aromatic rings. The van der Waals surface area contributed by atoms with E-state index in [0.717, 1.165) is 23.2 Å². The molecule has 1 N–H and O–H groups in total. The Labute approximate surface area is 150 Å². The van der Waals surface area contributed by atoms with Gasteiger partial charge in [0.25, 0.3) is 5.91 Å². The van der Waals surface area contributed by atoms with Crippen molar-refractivity contribution in [2.24, 2.45) is 0 Å². The van der Waals surface area contributed by atoms with Crippen molar-refractivity contribution in [1.29, 1.82) is 0 Å². The van der Waals surface area contributed by atoms with Gasteiger partial charge in [0.05, 0.1) is 23.5 Å². The van der Waals surface area contributed by atoms with Gasteiger partial charge in [-0.1, -0.05) is 6.07 Å². The van der Waals surface area contributed by atoms with Crippen LogP contribution in [-0.2, 0) is 0 Å². The Morgan fingerprint density at radius 1 is 1.15 bits per heavy atom. The van der Waals surface area contributed by atoms with Gasteiger partial charge in [-0.25, -0.2) is 18.4 Å². The summed E-state index contributed by atoms with van der Waals surface area (Å²) in [6, 6.07) is 5.01. The molecule has 2 aromatic heterocycles. The van der Waals surface area contributed by atoms with Crippen LogP contribution in [0.3, 0.4) is 0 Å². The molecular weight excluding hydrogens is 338 g/mol. The summed E-state index contributed by atoms with van der Waals surface area (Å²) >= 11 is 0. The molecule has 2 heterocycles. The molecule has 1 atom stereocenters. The fourth-order valence-electron chi connectivity index (χ4n) is 2.81. The first-order valence-electron chi connectivity index (χ1n) is 8.38. The lowest BCUT2D eigenvalue weighted by Crippen LogP contribution is -2.27. The summed E-state index contributed by atoms with van der Waals surface area (Å²) in [6.45, 7) is 7.48. The molecule has 5 nitrogen and oxygen atoms in total. The second-order valence-electron chi connectivity index (χ2n) is 6.59. The number of fused-ring (bicyclic) bond motifs is 1. The minimum Gasteiger partial charge on any atom is -0.345 e. The molecule has 0 aliphatic heterocycles. The number of carbonyl (C=O) groups is 1. The summed E-state index contributed by atoms with van der Waals surface area (Å²) in [5.74, 6) is -2.18. The standard InChI is InChI=1S/C19H20F2N4O/c1-10(2)25-18-14(9-22-25)7-15(12(4)23-18)19(26)24-11(3)13-5-6-16(20)17(21)8-13/h5-11H,1-4H3,(H,24,26). The number of hydrogen-bond acceptors (Lipinski definition) is 3. The van der Waals surface area contributed by atoms with Crippen LogP contribution in [0.1, 0.15) is 54.5 Å². The quantitative estimate of drug-likeness (QED) is 0.764. The number of halogens is 2. The molecule has 0 fully saturated rings. The van der Waals surface area contributed by atoms with Crippen molar-refractivity contribution < 1.29 is 13.6 Å². The molecule has 1 unspecified atom stereocenters. The van der Waals surface area contributed by atoms with E-state index in [1.807, 2.05) is 13.8 Å². The van der Waals surface area contributed by atoms with E-state index in [2.05, 4.69) is 15.4 Å². The highest BCUT2D eigenvalue weighted by Gasteiger charge is 2.18. The van der Waals surface area contributed by atoms with Crippen LogP contribution >= 0.6 is 0 Å². The number of hydrogen-bond donors (Lipinski definition) is 1. The third-order valence-corrected chi connectivity index (χ3v) is 4.28. The number of aryl methyl sites for hydroxylation is 1. The number of nitrogens with zero attached hydrogens (tertiary/aromatic N) is 3. The maximum atomic E-state index is 13.4. The number of pyridine rings is 1. The third-order valence-electron chi connectivity index (χ3n) is 4.28. The molecule has 136 valence electrons. The van der Waals surface area contributed by atoms with E-state index >= 15 is 0 Å². The van der Waals surface area contributed by atoms with Crippen LogP contribution in [0.4, 0.5) is 8.78 Å². The van der Waals surface area contributed by atoms with Gasteiger partial charge >= 0.3 is 0 Å². The number of nitrogens with one attached hydrogen (secondary N) is 1. The first kappa shape index (κ1) is 18.0. The number of benzene rings is 1. The predicted octanol–water partition coefficient (Wildman–Crippen LogP) is 4.09. The number of amides is 1. The third kappa shape index (κ3) is 3.29. The number of carbonyl (C=O) groups excluding carboxylic acids is 1. The SMILES string of the molecule is Cc1nc2c(cnn2C(C)C)cc1C(=O)NC(C)c1ccc(F)c(F)c1. The molecule has 0 bridgehead atoms. The zero-order valence-electron chi connectivity index (χ0n) is 15.0. The van der Waals surface area contributed by atoms with E-state index in [-0.39, 0.29) is 11.9 Å². The zero-order chi connectivity index (χ0) is 19.0. The summed E-state index contributed by atoms with van der Waals surface area (Å²) < 4.78 is 28.3. The van der Waals surface area contributed by atoms with E-state index in [9.17, 15) is 13.6 Å². The summed E-state index contributed by atoms with van der Waals surface area (Å²) in [7, 11) is 0. The molecule has 3 rings (SSSR count). The molecule has 0 radical (unpaired) electrons. The molecular formula is C19H20F2N4O. The molecule has 0 aliphatic rings. The number of rotatable bonds is 4. The smallest absolute Gasteiger partial charge is 0.253 e. The molecule has 7 heteroatoms. The van der Waals surface area contributed by atoms with Crippen LogP contribution < -0.4 is 5.32 Å². The molecule has 0 saturated carbocycles. The van der Waals surface area contributed by atoms with Gasteiger partial charge in [-0.3, -0.25) is 4.79 Å². The highest BCUT2D eigenvalue weighted by Crippen LogP contribution is 2.21. The van der Waals surface area contributed by atoms with Crippen molar-refractivity contribution >= 4 is 16.9 Å². The van der Waals surface area contributed by atoms with Crippen LogP contribution in [0.15, 0.2) is 30.5 Å². The van der Waals surface area contributed by atoms with E-state index in [1.54, 1.807) is 30.8 Å². The number of aromatic nitrogens is 3. The molecule has 0 aliphatic carbocycles. The first-order chi connectivity index (χ1) is 12.3. The molecule has 26 heavy (non-hydrogen) atoms. The van der Waals surface area contributed by atoms with Gasteiger partial charge in [0.15, 0.2) is 17.3 Å². The van der Waals surface area contributed by atoms with Gasteiger partial charge in [0.1, 0.15) is 0 Å². The maximum absolute atomic E-state index is 13.4. The Morgan fingerprint density at radius 2 is 1.88 bits per heavy atom. The van der Waals surface area contributed by atoms with Gasteiger partial charge in [0, 0.05) is 11.4 Å². The van der Waals surface area contributed by atoms with Gasteiger partial charge in [-0.15, -0.1) is 0 Å². The lowest BCUT2D eigenvalue weighted by atomic mass is 10.1. The van der Waals surface area contributed by atoms with Gasteiger partial charge in [-0.2, -0.15) is 5.10 Å². The zero-order valence-corrected chi connectivity index (χ0v) is 15.0. The van der Waals surface area contributed by atoms with Crippen LogP contribution in [0.5, 0.6) is 0 Å². The lowest BCUT2D eigenvalue weighted by molar-refractivity contribution is 0.0939. The molecule has 0 saturated heterocycles. The van der Waals surface area contributed by atoms with Crippen molar-refractivity contribution in [3.8, 4) is 0 Å². The van der Waals surface area contributed by atoms with Crippen molar-refractivity contribution in [1.82, 2.24) is 20.1 Å². The minimum absolute atomic E-state index is 0.160. The second-order valence-corrected chi connectivity index (χ2v) is 6.59. The van der Waals surface area contributed by atoms with E-state index in [0.29, 0.717) is 16.8 Å². The highest BCUT2D eigenvalue weighted by atomic mass is 19.2. The first-order valence-corrected chi connectivity index (χ1v) is 8.38. The van der Waals surface area contributed by atoms with Crippen LogP contribution in [0, 0.1) is 18.6 Å². The van der Waals surface area contributed by atoms with Crippen molar-refractivity contribution in [3.05, 3.63) is 58.9 Å². The van der Waals surface area contributed by atoms with E-state index in [1.165, 1.54) is 6.07 Å². The monoisotopic (exact) mass is 358 g/mol. The second kappa shape index (κ2) is 6.82. The Balaban J connectivity index is 1.87. The summed E-state index contributed by atoms with van der Waals surface area (Å²) in [5, 5.41) is 7.88. The predicted molar refractivity (Wildman–Crippen MR) is 94.9 cm³/mol. The van der Waals surface area contributed by atoms with Crippen molar-refractivity contribution in [2.45, 2.75) is 39.8 Å². The lowest BCUT2D eigenvalue weighted by Gasteiger charge is -2.16. The van der Waals surface area contributed by atoms with Gasteiger partial charge in [0.2, 0.25) is 0 Å². The van der Waals surface area contributed by atoms with Crippen LogP contribution in [0.2, 0.25) is 0 Å².